The minimum Gasteiger partial charge on any atom is -1.00 e. The summed E-state index contributed by atoms with van der Waals surface area (Å²) < 4.78 is 13.4. The monoisotopic (exact) mass is 667 g/mol. The van der Waals surface area contributed by atoms with Gasteiger partial charge in [-0.05, 0) is 86.9 Å². The fraction of sp³-hybridized carbons (Fsp3) is 0.941. The molecule has 0 spiro atoms. The van der Waals surface area contributed by atoms with Crippen LogP contribution in [-0.4, -0.2) is 115 Å². The average Bonchev–Trinajstić information content (AvgIpc) is 3.20. The molecule has 0 unspecified atom stereocenters. The highest BCUT2D eigenvalue weighted by Crippen LogP contribution is 2.67. The first-order valence-corrected chi connectivity index (χ1v) is 17.1. The van der Waals surface area contributed by atoms with Crippen molar-refractivity contribution in [2.75, 3.05) is 53.4 Å². The Hall–Kier alpha value is -0.740. The second-order valence-electron chi connectivity index (χ2n) is 16.4. The van der Waals surface area contributed by atoms with Crippen molar-refractivity contribution in [1.29, 1.82) is 0 Å². The van der Waals surface area contributed by atoms with E-state index in [1.807, 2.05) is 0 Å². The van der Waals surface area contributed by atoms with E-state index in [1.54, 1.807) is 13.8 Å². The number of carbonyl (C=O) groups is 2. The quantitative estimate of drug-likeness (QED) is 0.350. The fourth-order valence-electron chi connectivity index (χ4n) is 11.2. The minimum absolute atomic E-state index is 0. The Morgan fingerprint density at radius 3 is 2.05 bits per heavy atom. The van der Waals surface area contributed by atoms with Gasteiger partial charge < -0.3 is 36.0 Å². The Bertz CT molecular complexity index is 1030. The van der Waals surface area contributed by atoms with Crippen molar-refractivity contribution in [3.8, 4) is 0 Å². The van der Waals surface area contributed by atoms with Gasteiger partial charge in [-0.25, -0.2) is 0 Å². The van der Waals surface area contributed by atoms with Gasteiger partial charge >= 0.3 is 11.9 Å². The number of fused-ring (bicyclic) bond motifs is 5. The summed E-state index contributed by atoms with van der Waals surface area (Å²) >= 11 is 0. The Morgan fingerprint density at radius 2 is 1.42 bits per heavy atom. The van der Waals surface area contributed by atoms with E-state index in [0.717, 1.165) is 82.3 Å². The predicted octanol–water partition coefficient (Wildman–Crippen LogP) is 0.702. The Labute approximate surface area is 270 Å². The van der Waals surface area contributed by atoms with Crippen molar-refractivity contribution in [2.24, 2.45) is 34.5 Å². The van der Waals surface area contributed by atoms with E-state index in [2.05, 4.69) is 37.7 Å². The van der Waals surface area contributed by atoms with Crippen LogP contribution in [0.15, 0.2) is 0 Å². The van der Waals surface area contributed by atoms with E-state index in [1.165, 1.54) is 19.3 Å². The lowest BCUT2D eigenvalue weighted by Crippen LogP contribution is -3.00. The number of likely N-dealkylation sites (N-methyl/N-ethyl adjacent to an activating group) is 1. The topological polar surface area (TPSA) is 79.3 Å². The number of hydrogen-bond donors (Lipinski definition) is 1. The van der Waals surface area contributed by atoms with Crippen LogP contribution in [0.4, 0.5) is 0 Å². The summed E-state index contributed by atoms with van der Waals surface area (Å²) in [6.07, 6.45) is 9.28. The van der Waals surface area contributed by atoms with Gasteiger partial charge in [0.25, 0.3) is 0 Å². The van der Waals surface area contributed by atoms with Gasteiger partial charge in [0, 0.05) is 57.5 Å². The molecular formula is C34H58BrN3O5. The van der Waals surface area contributed by atoms with Crippen LogP contribution in [0.1, 0.15) is 85.5 Å². The normalized spacial score (nSPS) is 45.2. The second-order valence-corrected chi connectivity index (χ2v) is 16.4. The molecule has 1 N–H and O–H groups in total. The van der Waals surface area contributed by atoms with E-state index in [0.29, 0.717) is 29.7 Å². The van der Waals surface area contributed by atoms with E-state index >= 15 is 0 Å². The lowest BCUT2D eigenvalue weighted by atomic mass is 9.44. The molecule has 6 fully saturated rings. The molecule has 8 nitrogen and oxygen atoms in total. The zero-order valence-corrected chi connectivity index (χ0v) is 29.2. The Balaban J connectivity index is 0.00000368. The van der Waals surface area contributed by atoms with Gasteiger partial charge in [0.2, 0.25) is 0 Å². The standard InChI is InChI=1S/C34H58N3O5.BrH/c1-22(38)41-31-19-24-7-8-26-27(34(24,4)21-30(31)35-13-10-25(40)11-14-35)9-12-33(3)28(26)20-29(32(33)42-23(2)39)36-15-17-37(5,6)18-16-36;/h24-32,40H,7-21H2,1-6H3;1H/q+1;/p-1/t24-,26+,27-,28-,29-,30-,31-,32-,33-,34-;/m0./s1. The molecule has 0 bridgehead atoms. The van der Waals surface area contributed by atoms with Crippen molar-refractivity contribution >= 4 is 11.9 Å². The molecule has 0 amide bonds. The van der Waals surface area contributed by atoms with E-state index in [9.17, 15) is 14.7 Å². The van der Waals surface area contributed by atoms with Crippen LogP contribution in [0.2, 0.25) is 0 Å². The summed E-state index contributed by atoms with van der Waals surface area (Å²) in [5, 5.41) is 10.2. The van der Waals surface area contributed by atoms with Crippen LogP contribution < -0.4 is 17.0 Å². The van der Waals surface area contributed by atoms with Crippen molar-refractivity contribution in [3.05, 3.63) is 0 Å². The maximum Gasteiger partial charge on any atom is 0.302 e. The van der Waals surface area contributed by atoms with Crippen LogP contribution in [-0.2, 0) is 19.1 Å². The first-order chi connectivity index (χ1) is 19.8. The minimum atomic E-state index is -0.208. The summed E-state index contributed by atoms with van der Waals surface area (Å²) in [5.41, 5.74) is 0.239. The summed E-state index contributed by atoms with van der Waals surface area (Å²) in [6, 6.07) is 0.551. The molecule has 0 aromatic rings. The van der Waals surface area contributed by atoms with Gasteiger partial charge in [-0.2, -0.15) is 0 Å². The lowest BCUT2D eigenvalue weighted by Gasteiger charge is -2.62. The molecule has 0 aromatic heterocycles. The number of esters is 2. The third-order valence-corrected chi connectivity index (χ3v) is 13.6. The lowest BCUT2D eigenvalue weighted by molar-refractivity contribution is -0.894. The number of likely N-dealkylation sites (tertiary alicyclic amines) is 1. The molecule has 4 aliphatic carbocycles. The van der Waals surface area contributed by atoms with Gasteiger partial charge in [0.1, 0.15) is 12.2 Å². The number of aliphatic hydroxyl groups excluding tert-OH is 1. The molecule has 10 atom stereocenters. The van der Waals surface area contributed by atoms with Gasteiger partial charge in [-0.15, -0.1) is 0 Å². The number of ether oxygens (including phenoxy) is 2. The van der Waals surface area contributed by atoms with Crippen molar-refractivity contribution in [3.63, 3.8) is 0 Å². The number of nitrogens with zero attached hydrogens (tertiary/aromatic N) is 3. The highest BCUT2D eigenvalue weighted by atomic mass is 79.9. The molecule has 2 saturated heterocycles. The number of rotatable bonds is 4. The van der Waals surface area contributed by atoms with E-state index in [4.69, 9.17) is 9.47 Å². The van der Waals surface area contributed by atoms with Gasteiger partial charge in [-0.1, -0.05) is 13.8 Å². The van der Waals surface area contributed by atoms with E-state index < -0.39 is 0 Å². The molecule has 246 valence electrons. The third kappa shape index (κ3) is 6.20. The van der Waals surface area contributed by atoms with Crippen molar-refractivity contribution in [1.82, 2.24) is 9.80 Å². The third-order valence-electron chi connectivity index (χ3n) is 13.6. The molecule has 2 heterocycles. The average molecular weight is 669 g/mol. The molecular weight excluding hydrogens is 610 g/mol. The number of piperidine rings is 1. The molecule has 43 heavy (non-hydrogen) atoms. The second kappa shape index (κ2) is 12.5. The first-order valence-electron chi connectivity index (χ1n) is 17.1. The van der Waals surface area contributed by atoms with Gasteiger partial charge in [0.05, 0.1) is 33.3 Å². The van der Waals surface area contributed by atoms with E-state index in [-0.39, 0.29) is 64.1 Å². The molecule has 0 radical (unpaired) electrons. The number of piperazine rings is 1. The molecule has 9 heteroatoms. The van der Waals surface area contributed by atoms with Crippen molar-refractivity contribution in [2.45, 2.75) is 116 Å². The number of quaternary nitrogens is 1. The van der Waals surface area contributed by atoms with Crippen LogP contribution in [0.25, 0.3) is 0 Å². The van der Waals surface area contributed by atoms with Crippen LogP contribution in [0.5, 0.6) is 0 Å². The molecule has 0 aromatic carbocycles. The molecule has 4 saturated carbocycles. The Morgan fingerprint density at radius 1 is 0.791 bits per heavy atom. The van der Waals surface area contributed by atoms with Gasteiger partial charge in [-0.3, -0.25) is 19.4 Å². The zero-order valence-electron chi connectivity index (χ0n) is 27.6. The Kier molecular flexibility index (Phi) is 9.74. The summed E-state index contributed by atoms with van der Waals surface area (Å²) in [6.45, 7) is 14.4. The SMILES string of the molecule is CC(=O)O[C@H]1C[C@@H]2CC[C@@H]3[C@H](CC[C@@]4(C)[C@H]3C[C@H](N3CC[N+](C)(C)CC3)[C@@H]4OC(C)=O)[C@@]2(C)C[C@@H]1N1CCC(O)CC1.[Br-]. The highest BCUT2D eigenvalue weighted by molar-refractivity contribution is 5.66. The number of halogens is 1. The summed E-state index contributed by atoms with van der Waals surface area (Å²) in [5.74, 6) is 2.15. The fourth-order valence-corrected chi connectivity index (χ4v) is 11.2. The largest absolute Gasteiger partial charge is 1.00 e. The first kappa shape index (κ1) is 33.6. The maximum atomic E-state index is 12.5. The summed E-state index contributed by atoms with van der Waals surface area (Å²) in [4.78, 5) is 29.9. The predicted molar refractivity (Wildman–Crippen MR) is 161 cm³/mol. The zero-order chi connectivity index (χ0) is 30.0. The maximum absolute atomic E-state index is 12.5. The molecule has 2 aliphatic heterocycles. The highest BCUT2D eigenvalue weighted by Gasteiger charge is 2.65. The number of hydrogen-bond acceptors (Lipinski definition) is 7. The molecule has 6 aliphatic rings. The number of aliphatic hydroxyl groups is 1. The van der Waals surface area contributed by atoms with Crippen molar-refractivity contribution < 1.29 is 45.6 Å². The van der Waals surface area contributed by atoms with Crippen LogP contribution in [0.3, 0.4) is 0 Å². The van der Waals surface area contributed by atoms with Crippen LogP contribution in [0, 0.1) is 34.5 Å². The molecule has 6 rings (SSSR count). The summed E-state index contributed by atoms with van der Waals surface area (Å²) in [7, 11) is 4.66. The van der Waals surface area contributed by atoms with Gasteiger partial charge in [0.15, 0.2) is 0 Å². The van der Waals surface area contributed by atoms with Crippen LogP contribution >= 0.6 is 0 Å². The smallest absolute Gasteiger partial charge is 0.302 e. The number of carbonyl (C=O) groups excluding carboxylic acids is 2.